The van der Waals surface area contributed by atoms with Gasteiger partial charge in [-0.05, 0) is 53.1 Å². The lowest BCUT2D eigenvalue weighted by atomic mass is 10.00. The van der Waals surface area contributed by atoms with Crippen LogP contribution in [0.1, 0.15) is 16.7 Å². The second kappa shape index (κ2) is 8.45. The van der Waals surface area contributed by atoms with Crippen molar-refractivity contribution in [3.05, 3.63) is 83.4 Å². The predicted octanol–water partition coefficient (Wildman–Crippen LogP) is 5.03. The SMILES string of the molecule is O=S(=O)(NCc1ccc(O)c(-c2cccc(C(F)(F)F)c2)c1)c1ccc(CF)cc1. The summed E-state index contributed by atoms with van der Waals surface area (Å²) in [6.45, 7) is -0.862. The second-order valence-electron chi connectivity index (χ2n) is 6.53. The van der Waals surface area contributed by atoms with Gasteiger partial charge in [0.2, 0.25) is 10.0 Å². The molecule has 0 amide bonds. The highest BCUT2D eigenvalue weighted by molar-refractivity contribution is 7.89. The maximum absolute atomic E-state index is 13.0. The van der Waals surface area contributed by atoms with Gasteiger partial charge in [0, 0.05) is 12.1 Å². The Labute approximate surface area is 170 Å². The number of alkyl halides is 4. The Morgan fingerprint density at radius 2 is 1.57 bits per heavy atom. The van der Waals surface area contributed by atoms with Crippen LogP contribution in [0.5, 0.6) is 5.75 Å². The lowest BCUT2D eigenvalue weighted by Crippen LogP contribution is -2.23. The number of hydrogen-bond donors (Lipinski definition) is 2. The van der Waals surface area contributed by atoms with Gasteiger partial charge >= 0.3 is 6.18 Å². The van der Waals surface area contributed by atoms with Crippen LogP contribution in [0.2, 0.25) is 0 Å². The molecule has 30 heavy (non-hydrogen) atoms. The van der Waals surface area contributed by atoms with E-state index >= 15 is 0 Å². The Hall–Kier alpha value is -2.91. The maximum Gasteiger partial charge on any atom is 0.416 e. The average molecular weight is 439 g/mol. The first-order chi connectivity index (χ1) is 14.1. The van der Waals surface area contributed by atoms with Gasteiger partial charge in [0.15, 0.2) is 0 Å². The lowest BCUT2D eigenvalue weighted by Gasteiger charge is -2.12. The van der Waals surface area contributed by atoms with Crippen molar-refractivity contribution in [3.63, 3.8) is 0 Å². The van der Waals surface area contributed by atoms with Gasteiger partial charge in [-0.2, -0.15) is 13.2 Å². The van der Waals surface area contributed by atoms with Crippen LogP contribution in [0.25, 0.3) is 11.1 Å². The molecule has 0 aliphatic rings. The highest BCUT2D eigenvalue weighted by atomic mass is 32.2. The monoisotopic (exact) mass is 439 g/mol. The molecule has 2 N–H and O–H groups in total. The molecule has 0 aliphatic heterocycles. The van der Waals surface area contributed by atoms with Crippen LogP contribution >= 0.6 is 0 Å². The van der Waals surface area contributed by atoms with Gasteiger partial charge in [0.05, 0.1) is 10.5 Å². The number of phenolic OH excluding ortho intramolecular Hbond substituents is 1. The molecule has 0 aromatic heterocycles. The molecule has 0 saturated heterocycles. The van der Waals surface area contributed by atoms with Crippen LogP contribution in [0, 0.1) is 0 Å². The smallest absolute Gasteiger partial charge is 0.416 e. The number of benzene rings is 3. The summed E-state index contributed by atoms with van der Waals surface area (Å²) in [5.74, 6) is -0.234. The molecular formula is C21H17F4NO3S. The van der Waals surface area contributed by atoms with Gasteiger partial charge in [-0.15, -0.1) is 0 Å². The fourth-order valence-electron chi connectivity index (χ4n) is 2.81. The summed E-state index contributed by atoms with van der Waals surface area (Å²) in [6, 6.07) is 13.9. The van der Waals surface area contributed by atoms with Crippen molar-refractivity contribution < 1.29 is 31.1 Å². The summed E-state index contributed by atoms with van der Waals surface area (Å²) in [5.41, 5.74) is 0.212. The minimum absolute atomic E-state index is 0.0448. The van der Waals surface area contributed by atoms with Crippen LogP contribution in [-0.2, 0) is 29.4 Å². The molecular weight excluding hydrogens is 422 g/mol. The second-order valence-corrected chi connectivity index (χ2v) is 8.30. The molecule has 0 unspecified atom stereocenters. The molecule has 9 heteroatoms. The van der Waals surface area contributed by atoms with E-state index in [1.165, 1.54) is 54.6 Å². The van der Waals surface area contributed by atoms with Crippen molar-refractivity contribution >= 4 is 10.0 Å². The first kappa shape index (κ1) is 21.8. The zero-order valence-electron chi connectivity index (χ0n) is 15.4. The molecule has 0 bridgehead atoms. The third kappa shape index (κ3) is 4.98. The molecule has 0 radical (unpaired) electrons. The zero-order valence-corrected chi connectivity index (χ0v) is 16.3. The number of nitrogens with one attached hydrogen (secondary N) is 1. The van der Waals surface area contributed by atoms with Crippen molar-refractivity contribution in [1.82, 2.24) is 4.72 Å². The van der Waals surface area contributed by atoms with Crippen molar-refractivity contribution in [3.8, 4) is 16.9 Å². The first-order valence-corrected chi connectivity index (χ1v) is 10.2. The van der Waals surface area contributed by atoms with E-state index in [-0.39, 0.29) is 28.3 Å². The average Bonchev–Trinajstić information content (AvgIpc) is 2.72. The first-order valence-electron chi connectivity index (χ1n) is 8.74. The van der Waals surface area contributed by atoms with E-state index in [9.17, 15) is 31.1 Å². The van der Waals surface area contributed by atoms with Crippen LogP contribution in [0.4, 0.5) is 17.6 Å². The van der Waals surface area contributed by atoms with Crippen molar-refractivity contribution in [1.29, 1.82) is 0 Å². The number of aromatic hydroxyl groups is 1. The molecule has 0 heterocycles. The Kier molecular flexibility index (Phi) is 6.14. The highest BCUT2D eigenvalue weighted by Crippen LogP contribution is 2.35. The number of phenols is 1. The molecule has 158 valence electrons. The Morgan fingerprint density at radius 1 is 0.900 bits per heavy atom. The summed E-state index contributed by atoms with van der Waals surface area (Å²) in [5, 5.41) is 10.1. The molecule has 3 rings (SSSR count). The quantitative estimate of drug-likeness (QED) is 0.530. The maximum atomic E-state index is 13.0. The van der Waals surface area contributed by atoms with Crippen molar-refractivity contribution in [2.45, 2.75) is 24.3 Å². The van der Waals surface area contributed by atoms with Gasteiger partial charge in [-0.3, -0.25) is 0 Å². The fourth-order valence-corrected chi connectivity index (χ4v) is 3.82. The molecule has 0 fully saturated rings. The molecule has 3 aromatic carbocycles. The lowest BCUT2D eigenvalue weighted by molar-refractivity contribution is -0.137. The largest absolute Gasteiger partial charge is 0.507 e. The minimum atomic E-state index is -4.53. The molecule has 0 saturated carbocycles. The van der Waals surface area contributed by atoms with Gasteiger partial charge in [-0.1, -0.05) is 30.3 Å². The molecule has 0 atom stereocenters. The van der Waals surface area contributed by atoms with Crippen molar-refractivity contribution in [2.24, 2.45) is 0 Å². The minimum Gasteiger partial charge on any atom is -0.507 e. The van der Waals surface area contributed by atoms with E-state index in [1.807, 2.05) is 0 Å². The predicted molar refractivity (Wildman–Crippen MR) is 104 cm³/mol. The van der Waals surface area contributed by atoms with Gasteiger partial charge in [-0.25, -0.2) is 17.5 Å². The van der Waals surface area contributed by atoms with E-state index in [4.69, 9.17) is 0 Å². The van der Waals surface area contributed by atoms with Crippen LogP contribution < -0.4 is 4.72 Å². The molecule has 4 nitrogen and oxygen atoms in total. The van der Waals surface area contributed by atoms with Gasteiger partial charge < -0.3 is 5.11 Å². The Balaban J connectivity index is 1.83. The van der Waals surface area contributed by atoms with Crippen LogP contribution in [0.15, 0.2) is 71.6 Å². The topological polar surface area (TPSA) is 66.4 Å². The number of sulfonamides is 1. The summed E-state index contributed by atoms with van der Waals surface area (Å²) in [7, 11) is -3.88. The third-order valence-corrected chi connectivity index (χ3v) is 5.83. The summed E-state index contributed by atoms with van der Waals surface area (Å²) in [6.07, 6.45) is -4.53. The van der Waals surface area contributed by atoms with Crippen molar-refractivity contribution in [2.75, 3.05) is 0 Å². The van der Waals surface area contributed by atoms with Crippen LogP contribution in [-0.4, -0.2) is 13.5 Å². The Bertz CT molecular complexity index is 1140. The third-order valence-electron chi connectivity index (χ3n) is 4.42. The fraction of sp³-hybridized carbons (Fsp3) is 0.143. The summed E-state index contributed by atoms with van der Waals surface area (Å²) in [4.78, 5) is -0.0448. The van der Waals surface area contributed by atoms with E-state index in [1.54, 1.807) is 0 Å². The standard InChI is InChI=1S/C21H17F4NO3S/c22-12-14-4-7-18(8-5-14)30(28,29)26-13-15-6-9-20(27)19(10-15)16-2-1-3-17(11-16)21(23,24)25/h1-11,26-27H,12-13H2. The van der Waals surface area contributed by atoms with E-state index < -0.39 is 28.4 Å². The molecule has 0 aliphatic carbocycles. The molecule has 0 spiro atoms. The van der Waals surface area contributed by atoms with Crippen LogP contribution in [0.3, 0.4) is 0 Å². The summed E-state index contributed by atoms with van der Waals surface area (Å²) >= 11 is 0. The van der Waals surface area contributed by atoms with Gasteiger partial charge in [0.1, 0.15) is 12.4 Å². The van der Waals surface area contributed by atoms with E-state index in [0.717, 1.165) is 12.1 Å². The Morgan fingerprint density at radius 3 is 2.20 bits per heavy atom. The van der Waals surface area contributed by atoms with E-state index in [2.05, 4.69) is 4.72 Å². The van der Waals surface area contributed by atoms with Gasteiger partial charge in [0.25, 0.3) is 0 Å². The normalized spacial score (nSPS) is 12.1. The zero-order chi connectivity index (χ0) is 21.9. The highest BCUT2D eigenvalue weighted by Gasteiger charge is 2.30. The number of rotatable bonds is 6. The number of hydrogen-bond acceptors (Lipinski definition) is 3. The number of halogens is 4. The summed E-state index contributed by atoms with van der Waals surface area (Å²) < 4.78 is 78.7. The van der Waals surface area contributed by atoms with E-state index in [0.29, 0.717) is 11.1 Å². The molecule has 3 aromatic rings.